The van der Waals surface area contributed by atoms with Crippen molar-refractivity contribution in [3.8, 4) is 0 Å². The maximum Gasteiger partial charge on any atom is 0.306 e. The number of amides is 1. The summed E-state index contributed by atoms with van der Waals surface area (Å²) in [4.78, 5) is 26.3. The highest BCUT2D eigenvalue weighted by atomic mass is 16.5. The molecule has 1 amide bonds. The van der Waals surface area contributed by atoms with Crippen LogP contribution in [-0.2, 0) is 14.3 Å². The van der Waals surface area contributed by atoms with Crippen molar-refractivity contribution in [1.82, 2.24) is 5.32 Å². The molecule has 0 heterocycles. The Hall–Kier alpha value is -3.22. The van der Waals surface area contributed by atoms with E-state index in [0.717, 1.165) is 96.3 Å². The van der Waals surface area contributed by atoms with E-state index in [-0.39, 0.29) is 24.9 Å². The molecule has 3 atom stereocenters. The number of aliphatic hydroxyl groups excluding tert-OH is 2. The van der Waals surface area contributed by atoms with Gasteiger partial charge in [-0.3, -0.25) is 9.59 Å². The highest BCUT2D eigenvalue weighted by Crippen LogP contribution is 2.17. The molecule has 6 nitrogen and oxygen atoms in total. The zero-order valence-electron chi connectivity index (χ0n) is 45.2. The van der Waals surface area contributed by atoms with Crippen LogP contribution in [0.4, 0.5) is 0 Å². The Morgan fingerprint density at radius 2 is 0.797 bits per heavy atom. The molecule has 0 spiro atoms. The molecule has 396 valence electrons. The van der Waals surface area contributed by atoms with Crippen LogP contribution in [0.2, 0.25) is 0 Å². The lowest BCUT2D eigenvalue weighted by Crippen LogP contribution is -2.46. The van der Waals surface area contributed by atoms with E-state index in [2.05, 4.69) is 117 Å². The second kappa shape index (κ2) is 55.7. The summed E-state index contributed by atoms with van der Waals surface area (Å²) in [6.07, 6.45) is 74.6. The predicted molar refractivity (Wildman–Crippen MR) is 300 cm³/mol. The van der Waals surface area contributed by atoms with Gasteiger partial charge in [-0.25, -0.2) is 0 Å². The smallest absolute Gasteiger partial charge is 0.306 e. The van der Waals surface area contributed by atoms with Crippen LogP contribution < -0.4 is 5.32 Å². The van der Waals surface area contributed by atoms with Crippen molar-refractivity contribution in [2.45, 2.75) is 283 Å². The number of carbonyl (C=O) groups excluding carboxylic acids is 2. The van der Waals surface area contributed by atoms with Crippen LogP contribution in [0.1, 0.15) is 265 Å². The first-order chi connectivity index (χ1) is 34.0. The lowest BCUT2D eigenvalue weighted by Gasteiger charge is -2.24. The van der Waals surface area contributed by atoms with Crippen molar-refractivity contribution in [2.24, 2.45) is 0 Å². The summed E-state index contributed by atoms with van der Waals surface area (Å²) in [7, 11) is 0. The van der Waals surface area contributed by atoms with E-state index in [1.807, 2.05) is 6.08 Å². The number of rotatable bonds is 51. The number of ether oxygens (including phenoxy) is 1. The SMILES string of the molecule is CCCCC/C=C\C/C=C\C/C=C\C/C=C\CCCCCC(=O)OC(CCCCC/C=C/C=C/C=C/C=C/CCCCC)CC(=O)NC(CO)C(O)CCCCCCCCCCCCCCCCC. The van der Waals surface area contributed by atoms with Crippen LogP contribution in [0.5, 0.6) is 0 Å². The highest BCUT2D eigenvalue weighted by molar-refractivity contribution is 5.77. The third-order valence-corrected chi connectivity index (χ3v) is 12.7. The first kappa shape index (κ1) is 65.8. The molecule has 0 aromatic heterocycles. The van der Waals surface area contributed by atoms with Crippen LogP contribution in [0.15, 0.2) is 97.2 Å². The minimum absolute atomic E-state index is 0.0339. The molecular weight excluding hydrogens is 851 g/mol. The van der Waals surface area contributed by atoms with Gasteiger partial charge in [-0.1, -0.05) is 253 Å². The second-order valence-electron chi connectivity index (χ2n) is 19.4. The third kappa shape index (κ3) is 51.0. The number of hydrogen-bond acceptors (Lipinski definition) is 5. The lowest BCUT2D eigenvalue weighted by molar-refractivity contribution is -0.151. The third-order valence-electron chi connectivity index (χ3n) is 12.7. The Labute approximate surface area is 426 Å². The van der Waals surface area contributed by atoms with E-state index in [1.54, 1.807) is 0 Å². The zero-order chi connectivity index (χ0) is 50.2. The molecule has 0 aliphatic carbocycles. The zero-order valence-corrected chi connectivity index (χ0v) is 45.2. The van der Waals surface area contributed by atoms with E-state index in [0.29, 0.717) is 19.3 Å². The fraction of sp³-hybridized carbons (Fsp3) is 0.714. The summed E-state index contributed by atoms with van der Waals surface area (Å²) < 4.78 is 5.93. The molecule has 0 aliphatic rings. The normalized spacial score (nSPS) is 13.9. The number of nitrogens with one attached hydrogen (secondary N) is 1. The Bertz CT molecular complexity index is 1350. The molecule has 0 aliphatic heterocycles. The van der Waals surface area contributed by atoms with Gasteiger partial charge in [-0.15, -0.1) is 0 Å². The van der Waals surface area contributed by atoms with Gasteiger partial charge in [0, 0.05) is 6.42 Å². The van der Waals surface area contributed by atoms with Crippen molar-refractivity contribution < 1.29 is 24.5 Å². The lowest BCUT2D eigenvalue weighted by atomic mass is 10.0. The standard InChI is InChI=1S/C63H109NO5/c1-4-7-10-13-16-19-22-25-28-30-31-32-35-38-41-44-47-50-53-56-63(68)69-59(54-51-48-45-42-39-36-34-29-26-23-20-17-14-11-8-5-2)57-62(67)64-60(58-65)61(66)55-52-49-46-43-40-37-33-27-24-21-18-15-12-9-6-3/h16-17,19-20,23,25-26,28-29,31-32,34,36,38-39,41,59-61,65-66H,4-15,18,21-22,24,27,30,33,35,37,40,42-58H2,1-3H3,(H,64,67)/b19-16-,20-17+,26-23+,28-25-,32-31-,34-29+,39-36+,41-38-. The second-order valence-corrected chi connectivity index (χ2v) is 19.4. The molecule has 0 radical (unpaired) electrons. The van der Waals surface area contributed by atoms with Gasteiger partial charge >= 0.3 is 5.97 Å². The topological polar surface area (TPSA) is 95.9 Å². The van der Waals surface area contributed by atoms with E-state index in [4.69, 9.17) is 4.74 Å². The summed E-state index contributed by atoms with van der Waals surface area (Å²) >= 11 is 0. The first-order valence-corrected chi connectivity index (χ1v) is 29.0. The molecule has 3 N–H and O–H groups in total. The molecule has 69 heavy (non-hydrogen) atoms. The molecule has 0 aromatic rings. The number of unbranched alkanes of at least 4 members (excludes halogenated alkanes) is 26. The van der Waals surface area contributed by atoms with E-state index >= 15 is 0 Å². The summed E-state index contributed by atoms with van der Waals surface area (Å²) in [5, 5.41) is 23.9. The van der Waals surface area contributed by atoms with Gasteiger partial charge in [0.2, 0.25) is 5.91 Å². The van der Waals surface area contributed by atoms with Crippen molar-refractivity contribution in [2.75, 3.05) is 6.61 Å². The fourth-order valence-corrected chi connectivity index (χ4v) is 8.31. The van der Waals surface area contributed by atoms with Crippen LogP contribution in [0, 0.1) is 0 Å². The molecule has 6 heteroatoms. The number of carbonyl (C=O) groups is 2. The van der Waals surface area contributed by atoms with Gasteiger partial charge < -0.3 is 20.3 Å². The van der Waals surface area contributed by atoms with Gasteiger partial charge in [0.25, 0.3) is 0 Å². The van der Waals surface area contributed by atoms with Crippen LogP contribution in [0.25, 0.3) is 0 Å². The van der Waals surface area contributed by atoms with E-state index < -0.39 is 18.2 Å². The maximum atomic E-state index is 13.3. The monoisotopic (exact) mass is 960 g/mol. The highest BCUT2D eigenvalue weighted by Gasteiger charge is 2.24. The first-order valence-electron chi connectivity index (χ1n) is 29.0. The minimum atomic E-state index is -0.811. The van der Waals surface area contributed by atoms with E-state index in [1.165, 1.54) is 122 Å². The minimum Gasteiger partial charge on any atom is -0.462 e. The van der Waals surface area contributed by atoms with Gasteiger partial charge in [-0.05, 0) is 96.3 Å². The fourth-order valence-electron chi connectivity index (χ4n) is 8.31. The quantitative estimate of drug-likeness (QED) is 0.0244. The Balaban J connectivity index is 4.71. The summed E-state index contributed by atoms with van der Waals surface area (Å²) in [6, 6.07) is -0.728. The van der Waals surface area contributed by atoms with Gasteiger partial charge in [0.15, 0.2) is 0 Å². The number of allylic oxidation sites excluding steroid dienone is 16. The Kier molecular flexibility index (Phi) is 53.1. The Morgan fingerprint density at radius 1 is 0.435 bits per heavy atom. The largest absolute Gasteiger partial charge is 0.462 e. The van der Waals surface area contributed by atoms with Crippen molar-refractivity contribution in [3.63, 3.8) is 0 Å². The van der Waals surface area contributed by atoms with Crippen LogP contribution >= 0.6 is 0 Å². The molecule has 0 saturated heterocycles. The number of hydrogen-bond donors (Lipinski definition) is 3. The number of esters is 1. The van der Waals surface area contributed by atoms with Crippen molar-refractivity contribution in [1.29, 1.82) is 0 Å². The molecule has 3 unspecified atom stereocenters. The van der Waals surface area contributed by atoms with E-state index in [9.17, 15) is 19.8 Å². The average molecular weight is 961 g/mol. The summed E-state index contributed by atoms with van der Waals surface area (Å²) in [5.41, 5.74) is 0. The Morgan fingerprint density at radius 3 is 1.28 bits per heavy atom. The van der Waals surface area contributed by atoms with Crippen LogP contribution in [-0.4, -0.2) is 46.9 Å². The van der Waals surface area contributed by atoms with Gasteiger partial charge in [0.1, 0.15) is 6.10 Å². The number of aliphatic hydroxyl groups is 2. The molecule has 0 aromatic carbocycles. The molecule has 0 bridgehead atoms. The molecule has 0 rings (SSSR count). The molecule has 0 saturated carbocycles. The van der Waals surface area contributed by atoms with Gasteiger partial charge in [-0.2, -0.15) is 0 Å². The molecule has 0 fully saturated rings. The van der Waals surface area contributed by atoms with Crippen molar-refractivity contribution >= 4 is 11.9 Å². The summed E-state index contributed by atoms with van der Waals surface area (Å²) in [6.45, 7) is 6.41. The summed E-state index contributed by atoms with van der Waals surface area (Å²) in [5.74, 6) is -0.551. The average Bonchev–Trinajstić information content (AvgIpc) is 3.34. The predicted octanol–water partition coefficient (Wildman–Crippen LogP) is 18.1. The molecular formula is C63H109NO5. The van der Waals surface area contributed by atoms with Crippen molar-refractivity contribution in [3.05, 3.63) is 97.2 Å². The van der Waals surface area contributed by atoms with Gasteiger partial charge in [0.05, 0.1) is 25.2 Å². The van der Waals surface area contributed by atoms with Crippen LogP contribution in [0.3, 0.4) is 0 Å². The maximum absolute atomic E-state index is 13.3.